The van der Waals surface area contributed by atoms with E-state index in [0.717, 1.165) is 190 Å². The second-order valence-corrected chi connectivity index (χ2v) is 25.5. The molecule has 548 valence electrons. The van der Waals surface area contributed by atoms with E-state index in [0.29, 0.717) is 54.9 Å². The lowest BCUT2D eigenvalue weighted by atomic mass is 10.0. The van der Waals surface area contributed by atoms with Crippen LogP contribution in [0.25, 0.3) is 112 Å². The molecule has 0 aliphatic rings. The predicted octanol–water partition coefficient (Wildman–Crippen LogP) is 12.1. The summed E-state index contributed by atoms with van der Waals surface area (Å²) in [6.07, 6.45) is 16.1. The van der Waals surface area contributed by atoms with Crippen LogP contribution in [0, 0.1) is 24.7 Å². The Balaban J connectivity index is 0.000000240. The fraction of sp³-hybridized carbons (Fsp3) is 0.274. The van der Waals surface area contributed by atoms with Crippen LogP contribution in [-0.4, -0.2) is 198 Å². The van der Waals surface area contributed by atoms with Gasteiger partial charge in [0.1, 0.15) is 29.6 Å². The number of benzene rings is 8. The largest absolute Gasteiger partial charge is 0.400 e. The van der Waals surface area contributed by atoms with Gasteiger partial charge in [0.2, 0.25) is 0 Å². The van der Waals surface area contributed by atoms with Crippen LogP contribution < -0.4 is 26.6 Å². The van der Waals surface area contributed by atoms with Gasteiger partial charge in [-0.3, -0.25) is 19.2 Å². The van der Waals surface area contributed by atoms with Crippen LogP contribution in [0.2, 0.25) is 0 Å². The zero-order chi connectivity index (χ0) is 74.6. The molecule has 8 aromatic carbocycles. The molecule has 0 aliphatic heterocycles. The van der Waals surface area contributed by atoms with Crippen molar-refractivity contribution in [1.82, 2.24) is 81.2 Å². The first-order valence-electron chi connectivity index (χ1n) is 35.0. The molecule has 22 nitrogen and oxygen atoms in total. The number of aromatic nitrogens is 8. The number of likely N-dealkylation sites (N-methyl/N-ethyl adjacent to an activating group) is 4. The molecule has 0 fully saturated rings. The number of aldehydes is 1. The number of rotatable bonds is 29. The Morgan fingerprint density at radius 2 is 0.679 bits per heavy atom. The third kappa shape index (κ3) is 22.3. The van der Waals surface area contributed by atoms with Crippen LogP contribution >= 0.6 is 0 Å². The van der Waals surface area contributed by atoms with Crippen molar-refractivity contribution in [3.63, 3.8) is 0 Å². The van der Waals surface area contributed by atoms with Crippen molar-refractivity contribution in [3.05, 3.63) is 192 Å². The average molecular weight is 1430 g/mol. The van der Waals surface area contributed by atoms with Crippen molar-refractivity contribution < 1.29 is 29.1 Å². The minimum Gasteiger partial charge on any atom is -0.400 e. The number of amides is 4. The lowest BCUT2D eigenvalue weighted by Gasteiger charge is -2.16. The van der Waals surface area contributed by atoms with Crippen LogP contribution in [-0.2, 0) is 4.79 Å². The van der Waals surface area contributed by atoms with Crippen molar-refractivity contribution in [2.75, 3.05) is 108 Å². The highest BCUT2D eigenvalue weighted by atomic mass is 16.2. The van der Waals surface area contributed by atoms with Crippen molar-refractivity contribution in [3.8, 4) is 92.5 Å². The molecular weight excluding hydrogens is 1330 g/mol. The lowest BCUT2D eigenvalue weighted by molar-refractivity contribution is -0.107. The molecule has 0 radical (unpaired) electrons. The van der Waals surface area contributed by atoms with E-state index in [1.165, 1.54) is 0 Å². The average Bonchev–Trinajstić information content (AvgIpc) is 1.64. The highest BCUT2D eigenvalue weighted by molar-refractivity contribution is 5.98. The topological polar surface area (TPSA) is 290 Å². The van der Waals surface area contributed by atoms with Gasteiger partial charge in [-0.05, 0) is 187 Å². The summed E-state index contributed by atoms with van der Waals surface area (Å²) in [7, 11) is 12.8. The first kappa shape index (κ1) is 79.8. The molecule has 0 saturated heterocycles. The number of terminal acetylenes is 2. The molecule has 12 rings (SSSR count). The van der Waals surface area contributed by atoms with Crippen LogP contribution in [0.3, 0.4) is 0 Å². The van der Waals surface area contributed by atoms with Crippen LogP contribution in [0.1, 0.15) is 87.4 Å². The first-order valence-corrected chi connectivity index (χ1v) is 35.0. The fourth-order valence-corrected chi connectivity index (χ4v) is 11.3. The summed E-state index contributed by atoms with van der Waals surface area (Å²) >= 11 is 0. The number of carbonyl (C=O) groups is 5. The van der Waals surface area contributed by atoms with Crippen molar-refractivity contribution in [2.45, 2.75) is 46.0 Å². The molecule has 10 N–H and O–H groups in total. The number of H-pyrrole nitrogens is 4. The van der Waals surface area contributed by atoms with Gasteiger partial charge in [0.25, 0.3) is 23.6 Å². The van der Waals surface area contributed by atoms with E-state index in [-0.39, 0.29) is 31.1 Å². The molecule has 22 heteroatoms. The van der Waals surface area contributed by atoms with E-state index >= 15 is 0 Å². The van der Waals surface area contributed by atoms with Crippen LogP contribution in [0.5, 0.6) is 0 Å². The smallest absolute Gasteiger partial charge is 0.251 e. The number of aliphatic hydroxyl groups is 1. The van der Waals surface area contributed by atoms with Gasteiger partial charge in [-0.25, -0.2) is 19.9 Å². The van der Waals surface area contributed by atoms with Gasteiger partial charge in [-0.1, -0.05) is 80.2 Å². The lowest BCUT2D eigenvalue weighted by Crippen LogP contribution is -2.33. The minimum atomic E-state index is -0.0963. The molecule has 0 aliphatic carbocycles. The van der Waals surface area contributed by atoms with Crippen LogP contribution in [0.4, 0.5) is 0 Å². The minimum absolute atomic E-state index is 0. The second kappa shape index (κ2) is 40.2. The SMILES string of the molecule is C.C#CCCCC=O.C#CCCCCN(C)CCNC(=O)c1ccc(-c2nc3ccc(-c4ccc5nc(-c6ccc(C(=O)NCCN(C)C)cc6)[nH]c5c4)cc3[nH]2)cc1.CNCCNC(=O)c1ccc(-c2nc3ccc(-c4ccc5nc(-c6ccc(C(=O)NCCN(C)C)cc6)[nH]c5c4)cc3[nH]2)cc1.CO. The third-order valence-corrected chi connectivity index (χ3v) is 17.2. The van der Waals surface area contributed by atoms with Gasteiger partial charge in [0.05, 0.1) is 44.1 Å². The molecule has 4 heterocycles. The summed E-state index contributed by atoms with van der Waals surface area (Å²) in [6.45, 7) is 6.39. The fourth-order valence-electron chi connectivity index (χ4n) is 11.3. The number of nitrogens with one attached hydrogen (secondary N) is 9. The number of imidazole rings is 4. The maximum Gasteiger partial charge on any atom is 0.251 e. The number of unbranched alkanes of at least 4 members (excludes halogenated alkanes) is 4. The van der Waals surface area contributed by atoms with E-state index < -0.39 is 0 Å². The van der Waals surface area contributed by atoms with Gasteiger partial charge < -0.3 is 71.1 Å². The maximum absolute atomic E-state index is 12.7. The number of carbonyl (C=O) groups excluding carboxylic acids is 5. The Morgan fingerprint density at radius 3 is 0.962 bits per heavy atom. The second-order valence-electron chi connectivity index (χ2n) is 25.5. The summed E-state index contributed by atoms with van der Waals surface area (Å²) in [5.74, 6) is 7.73. The van der Waals surface area contributed by atoms with Crippen molar-refractivity contribution in [1.29, 1.82) is 0 Å². The number of aliphatic hydroxyl groups excluding tert-OH is 1. The Bertz CT molecular complexity index is 4940. The number of fused-ring (bicyclic) bond motifs is 4. The zero-order valence-corrected chi connectivity index (χ0v) is 60.6. The third-order valence-electron chi connectivity index (χ3n) is 17.2. The molecule has 0 unspecified atom stereocenters. The summed E-state index contributed by atoms with van der Waals surface area (Å²) < 4.78 is 0. The summed E-state index contributed by atoms with van der Waals surface area (Å²) in [6, 6.07) is 54.6. The quantitative estimate of drug-likeness (QED) is 0.0119. The molecular formula is C84H96N16O6. The summed E-state index contributed by atoms with van der Waals surface area (Å²) in [5, 5.41) is 21.8. The monoisotopic (exact) mass is 1420 g/mol. The number of nitrogens with zero attached hydrogens (tertiary/aromatic N) is 7. The Labute approximate surface area is 620 Å². The zero-order valence-electron chi connectivity index (χ0n) is 60.6. The molecule has 106 heavy (non-hydrogen) atoms. The molecule has 0 bridgehead atoms. The van der Waals surface area contributed by atoms with E-state index in [2.05, 4.69) is 119 Å². The summed E-state index contributed by atoms with van der Waals surface area (Å²) in [4.78, 5) is 98.8. The first-order chi connectivity index (χ1) is 51.1. The van der Waals surface area contributed by atoms with E-state index in [1.54, 1.807) is 0 Å². The molecule has 4 aromatic heterocycles. The van der Waals surface area contributed by atoms with Gasteiger partial charge in [0, 0.05) is 123 Å². The summed E-state index contributed by atoms with van der Waals surface area (Å²) in [5.41, 5.74) is 17.4. The number of hydrogen-bond donors (Lipinski definition) is 10. The Hall–Kier alpha value is -11.9. The van der Waals surface area contributed by atoms with Gasteiger partial charge in [-0.2, -0.15) is 0 Å². The van der Waals surface area contributed by atoms with E-state index in [4.69, 9.17) is 37.9 Å². The van der Waals surface area contributed by atoms with Gasteiger partial charge >= 0.3 is 0 Å². The highest BCUT2D eigenvalue weighted by Gasteiger charge is 2.16. The maximum atomic E-state index is 12.7. The predicted molar refractivity (Wildman–Crippen MR) is 428 cm³/mol. The standard InChI is InChI=1S/C41H44N8O2.C35H36N8O2.C6H8O.CH4O.CH4/c1-5-6-7-8-23-49(4)25-22-43-41(51)31-15-11-29(12-16-31)39-45-35-20-18-33(27-37(35)47-39)32-17-19-34-36(26-32)46-38(44-34)28-9-13-30(14-10-28)40(50)42-21-24-48(2)3;1-36-16-17-37-34(44)24-8-4-22(5-9-24)32-39-28-14-12-26(20-30(28)41-32)27-13-15-29-31(21-27)42-33(40-29)23-6-10-25(11-7-23)35(45)38-18-19-43(2)3;1-2-3-4-5-6-7;1-2;/h1,9-20,26-27H,6-8,21-25H2,2-4H3,(H,42,50)(H,43,51)(H,44,46)(H,45,47);4-15,20-21,36H,16-19H2,1-3H3,(H,37,44)(H,38,45)(H,39,41)(H,40,42);1,6H,3-5H2;2H,1H3;1H4. The van der Waals surface area contributed by atoms with Crippen LogP contribution in [0.15, 0.2) is 170 Å². The highest BCUT2D eigenvalue weighted by Crippen LogP contribution is 2.32. The molecule has 0 atom stereocenters. The van der Waals surface area contributed by atoms with Crippen molar-refractivity contribution in [2.24, 2.45) is 0 Å². The van der Waals surface area contributed by atoms with E-state index in [9.17, 15) is 24.0 Å². The Morgan fingerprint density at radius 1 is 0.396 bits per heavy atom. The van der Waals surface area contributed by atoms with E-state index in [1.807, 2.05) is 166 Å². The van der Waals surface area contributed by atoms with Crippen molar-refractivity contribution >= 4 is 74.0 Å². The molecule has 0 spiro atoms. The van der Waals surface area contributed by atoms with Gasteiger partial charge in [0.15, 0.2) is 0 Å². The van der Waals surface area contributed by atoms with Gasteiger partial charge in [-0.15, -0.1) is 24.7 Å². The molecule has 12 aromatic rings. The number of hydrogen-bond acceptors (Lipinski definition) is 14. The molecule has 4 amide bonds. The Kier molecular flexibility index (Phi) is 30.3. The number of aromatic amines is 4. The normalized spacial score (nSPS) is 10.8. The molecule has 0 saturated carbocycles.